The van der Waals surface area contributed by atoms with Crippen LogP contribution in [0.1, 0.15) is 21.0 Å². The highest BCUT2D eigenvalue weighted by atomic mass is 24.3. The van der Waals surface area contributed by atoms with Crippen molar-refractivity contribution in [2.75, 3.05) is 0 Å². The Kier molecular flexibility index (Phi) is 9.11. The highest BCUT2D eigenvalue weighted by Gasteiger charge is 2.27. The number of benzene rings is 2. The van der Waals surface area contributed by atoms with E-state index in [2.05, 4.69) is 9.97 Å². The van der Waals surface area contributed by atoms with Gasteiger partial charge in [-0.2, -0.15) is 0 Å². The Balaban J connectivity index is 0.00000420. The lowest BCUT2D eigenvalue weighted by Gasteiger charge is -2.17. The molecule has 2 heterocycles. The summed E-state index contributed by atoms with van der Waals surface area (Å²) >= 11 is 0. The molecule has 0 aliphatic rings. The largest absolute Gasteiger partial charge is 0.505 e. The zero-order chi connectivity index (χ0) is 27.4. The summed E-state index contributed by atoms with van der Waals surface area (Å²) in [4.78, 5) is 44.5. The summed E-state index contributed by atoms with van der Waals surface area (Å²) in [6.45, 7) is 0. The summed E-state index contributed by atoms with van der Waals surface area (Å²) in [6.07, 6.45) is 0.364. The molecule has 0 aliphatic carbocycles. The van der Waals surface area contributed by atoms with Crippen molar-refractivity contribution in [1.29, 1.82) is 0 Å². The van der Waals surface area contributed by atoms with Gasteiger partial charge in [0.05, 0.1) is 0 Å². The van der Waals surface area contributed by atoms with Crippen LogP contribution in [-0.2, 0) is 4.79 Å². The first-order chi connectivity index (χ1) is 18.1. The van der Waals surface area contributed by atoms with E-state index >= 15 is 0 Å². The van der Waals surface area contributed by atoms with Crippen LogP contribution in [0.15, 0.2) is 73.1 Å². The molecular weight excluding hydrogens is 527 g/mol. The molecule has 0 radical (unpaired) electrons. The lowest BCUT2D eigenvalue weighted by atomic mass is 10.1. The third-order valence-corrected chi connectivity index (χ3v) is 5.28. The van der Waals surface area contributed by atoms with Gasteiger partial charge in [0.2, 0.25) is 6.17 Å². The molecule has 2 amide bonds. The average molecular weight is 547 g/mol. The van der Waals surface area contributed by atoms with Gasteiger partial charge in [0, 0.05) is 23.5 Å². The van der Waals surface area contributed by atoms with Crippen molar-refractivity contribution in [3.63, 3.8) is 0 Å². The number of carbonyl (C=O) groups excluding carboxylic acids is 2. The van der Waals surface area contributed by atoms with Crippen LogP contribution >= 0.6 is 0 Å². The molecule has 2 aromatic carbocycles. The van der Waals surface area contributed by atoms with Crippen LogP contribution in [0.25, 0.3) is 22.3 Å². The molecular formula is C26H20F2MgN4O6. The lowest BCUT2D eigenvalue weighted by Crippen LogP contribution is -2.53. The minimum absolute atomic E-state index is 0. The Labute approximate surface area is 235 Å². The minimum atomic E-state index is -2.00. The molecule has 0 fully saturated rings. The van der Waals surface area contributed by atoms with E-state index in [4.69, 9.17) is 0 Å². The van der Waals surface area contributed by atoms with Gasteiger partial charge in [0.25, 0.3) is 11.8 Å². The van der Waals surface area contributed by atoms with E-state index in [1.165, 1.54) is 48.8 Å². The van der Waals surface area contributed by atoms with Gasteiger partial charge in [0.1, 0.15) is 23.1 Å². The van der Waals surface area contributed by atoms with Crippen LogP contribution in [0.5, 0.6) is 11.5 Å². The van der Waals surface area contributed by atoms with Crippen molar-refractivity contribution in [2.24, 2.45) is 0 Å². The van der Waals surface area contributed by atoms with Gasteiger partial charge in [-0.05, 0) is 47.5 Å². The molecule has 10 nitrogen and oxygen atoms in total. The molecule has 4 aromatic rings. The van der Waals surface area contributed by atoms with Crippen LogP contribution in [0.2, 0.25) is 0 Å². The summed E-state index contributed by atoms with van der Waals surface area (Å²) < 4.78 is 26.9. The number of halogens is 2. The van der Waals surface area contributed by atoms with E-state index in [1.54, 1.807) is 12.1 Å². The van der Waals surface area contributed by atoms with Crippen molar-refractivity contribution in [2.45, 2.75) is 6.17 Å². The number of hydrogen-bond donors (Lipinski definition) is 5. The first-order valence-electron chi connectivity index (χ1n) is 10.9. The van der Waals surface area contributed by atoms with Crippen LogP contribution in [0, 0.1) is 11.6 Å². The van der Waals surface area contributed by atoms with Gasteiger partial charge in [-0.15, -0.1) is 0 Å². The first kappa shape index (κ1) is 28.9. The Morgan fingerprint density at radius 2 is 1.10 bits per heavy atom. The summed E-state index contributed by atoms with van der Waals surface area (Å²) in [6, 6.07) is 13.2. The second kappa shape index (κ2) is 12.3. The number of aromatic nitrogens is 2. The van der Waals surface area contributed by atoms with Gasteiger partial charge in [-0.1, -0.05) is 24.3 Å². The predicted molar refractivity (Wildman–Crippen MR) is 137 cm³/mol. The van der Waals surface area contributed by atoms with Crippen LogP contribution in [0.3, 0.4) is 0 Å². The molecule has 2 aromatic heterocycles. The van der Waals surface area contributed by atoms with E-state index in [1.807, 2.05) is 10.6 Å². The molecule has 39 heavy (non-hydrogen) atoms. The van der Waals surface area contributed by atoms with E-state index in [0.717, 1.165) is 12.1 Å². The third-order valence-electron chi connectivity index (χ3n) is 5.28. The van der Waals surface area contributed by atoms with E-state index in [0.29, 0.717) is 22.3 Å². The second-order valence-corrected chi connectivity index (χ2v) is 7.92. The zero-order valence-electron chi connectivity index (χ0n) is 19.2. The highest BCUT2D eigenvalue weighted by Crippen LogP contribution is 2.26. The summed E-state index contributed by atoms with van der Waals surface area (Å²) in [5.74, 6) is -6.22. The molecule has 0 atom stereocenters. The van der Waals surface area contributed by atoms with Crippen molar-refractivity contribution >= 4 is 40.8 Å². The van der Waals surface area contributed by atoms with Gasteiger partial charge < -0.3 is 26.0 Å². The SMILES string of the molecule is O=C(NC(NC(=O)c1ncc(-c2cccc(F)c2)cc1O)C(=O)O)c1ncc(-c2cccc(F)c2)cc1O.[MgH2]. The van der Waals surface area contributed by atoms with Gasteiger partial charge in [0.15, 0.2) is 11.4 Å². The molecule has 196 valence electrons. The summed E-state index contributed by atoms with van der Waals surface area (Å²) in [5.41, 5.74) is 0.254. The number of nitrogens with zero attached hydrogens (tertiary/aromatic N) is 2. The monoisotopic (exact) mass is 546 g/mol. The number of aliphatic carboxylic acids is 1. The van der Waals surface area contributed by atoms with Crippen LogP contribution in [0.4, 0.5) is 8.78 Å². The zero-order valence-corrected chi connectivity index (χ0v) is 19.2. The summed E-state index contributed by atoms with van der Waals surface area (Å²) in [5, 5.41) is 34.0. The number of pyridine rings is 2. The minimum Gasteiger partial charge on any atom is -0.505 e. The predicted octanol–water partition coefficient (Wildman–Crippen LogP) is 2.15. The number of aromatic hydroxyl groups is 2. The maximum Gasteiger partial charge on any atom is 0.347 e. The number of hydrogen-bond acceptors (Lipinski definition) is 7. The Morgan fingerprint density at radius 1 is 0.692 bits per heavy atom. The van der Waals surface area contributed by atoms with Crippen molar-refractivity contribution in [1.82, 2.24) is 20.6 Å². The Bertz CT molecular complexity index is 1460. The number of carboxylic acid groups (broad SMARTS) is 1. The molecule has 0 bridgehead atoms. The Morgan fingerprint density at radius 3 is 1.44 bits per heavy atom. The lowest BCUT2D eigenvalue weighted by molar-refractivity contribution is -0.139. The van der Waals surface area contributed by atoms with E-state index < -0.39 is 58.5 Å². The number of carbonyl (C=O) groups is 3. The van der Waals surface area contributed by atoms with E-state index in [9.17, 15) is 38.5 Å². The van der Waals surface area contributed by atoms with E-state index in [-0.39, 0.29) is 23.1 Å². The van der Waals surface area contributed by atoms with Crippen molar-refractivity contribution < 1.29 is 38.5 Å². The van der Waals surface area contributed by atoms with Crippen LogP contribution < -0.4 is 10.6 Å². The average Bonchev–Trinajstić information content (AvgIpc) is 2.88. The number of rotatable bonds is 7. The number of amides is 2. The number of nitrogens with one attached hydrogen (secondary N) is 2. The topological polar surface area (TPSA) is 162 Å². The standard InChI is InChI=1S/C26H18F2N4O6.Mg.2H/c27-17-5-1-3-13(7-17)15-9-19(33)21(29-11-15)24(35)31-23(26(37)38)32-25(36)22-20(34)10-16(12-30-22)14-4-2-6-18(28)8-14;;;/h1-12,23,33-34H,(H,31,35)(H,32,36)(H,37,38);;;. The fourth-order valence-corrected chi connectivity index (χ4v) is 3.47. The van der Waals surface area contributed by atoms with Gasteiger partial charge in [-0.3, -0.25) is 9.59 Å². The molecule has 0 aliphatic heterocycles. The quantitative estimate of drug-likeness (QED) is 0.174. The fourth-order valence-electron chi connectivity index (χ4n) is 3.47. The molecule has 0 saturated heterocycles. The Hall–Kier alpha value is -4.62. The molecule has 5 N–H and O–H groups in total. The summed E-state index contributed by atoms with van der Waals surface area (Å²) in [7, 11) is 0. The number of carboxylic acids is 1. The molecule has 0 saturated carbocycles. The molecule has 13 heteroatoms. The highest BCUT2D eigenvalue weighted by molar-refractivity contribution is 6.01. The molecule has 0 unspecified atom stereocenters. The molecule has 4 rings (SSSR count). The normalized spacial score (nSPS) is 10.4. The maximum absolute atomic E-state index is 13.5. The third kappa shape index (κ3) is 6.83. The molecule has 0 spiro atoms. The van der Waals surface area contributed by atoms with Crippen molar-refractivity contribution in [3.05, 3.63) is 96.1 Å². The maximum atomic E-state index is 13.5. The second-order valence-electron chi connectivity index (χ2n) is 7.92. The first-order valence-corrected chi connectivity index (χ1v) is 10.9. The fraction of sp³-hybridized carbons (Fsp3) is 0.0385. The van der Waals surface area contributed by atoms with Crippen molar-refractivity contribution in [3.8, 4) is 33.8 Å². The smallest absolute Gasteiger partial charge is 0.347 e. The van der Waals surface area contributed by atoms with Gasteiger partial charge >= 0.3 is 29.0 Å². The van der Waals surface area contributed by atoms with Crippen LogP contribution in [-0.4, -0.2) is 72.3 Å². The van der Waals surface area contributed by atoms with Gasteiger partial charge in [-0.25, -0.2) is 23.5 Å².